The lowest BCUT2D eigenvalue weighted by molar-refractivity contribution is -0.150. The molecular formula is C16H17NO2. The predicted octanol–water partition coefficient (Wildman–Crippen LogP) is 3.37. The Morgan fingerprint density at radius 3 is 2.95 bits per heavy atom. The minimum Gasteiger partial charge on any atom is -0.487 e. The largest absolute Gasteiger partial charge is 0.487 e. The molecule has 0 spiro atoms. The molecule has 1 heterocycles. The predicted molar refractivity (Wildman–Crippen MR) is 74.2 cm³/mol. The average Bonchev–Trinajstić information content (AvgIpc) is 2.46. The van der Waals surface area contributed by atoms with Crippen LogP contribution in [0.2, 0.25) is 0 Å². The summed E-state index contributed by atoms with van der Waals surface area (Å²) in [5.74, 6) is 1.05. The van der Waals surface area contributed by atoms with Crippen LogP contribution in [0.25, 0.3) is 10.9 Å². The highest BCUT2D eigenvalue weighted by Crippen LogP contribution is 2.42. The molecule has 0 amide bonds. The SMILES string of the molecule is CCC1(C)C(=O)CC1Oc1cnc2ccccc2c1. The fourth-order valence-electron chi connectivity index (χ4n) is 2.55. The number of ketones is 1. The van der Waals surface area contributed by atoms with Gasteiger partial charge in [-0.25, -0.2) is 0 Å². The Bertz CT molecular complexity index is 637. The van der Waals surface area contributed by atoms with Crippen molar-refractivity contribution in [2.24, 2.45) is 5.41 Å². The monoisotopic (exact) mass is 255 g/mol. The number of benzene rings is 1. The zero-order valence-electron chi connectivity index (χ0n) is 11.2. The number of fused-ring (bicyclic) bond motifs is 1. The van der Waals surface area contributed by atoms with E-state index in [1.165, 1.54) is 0 Å². The van der Waals surface area contributed by atoms with Crippen LogP contribution in [0.3, 0.4) is 0 Å². The molecule has 0 aliphatic heterocycles. The summed E-state index contributed by atoms with van der Waals surface area (Å²) in [5.41, 5.74) is 0.629. The normalized spacial score (nSPS) is 26.2. The highest BCUT2D eigenvalue weighted by molar-refractivity contribution is 5.92. The Hall–Kier alpha value is -1.90. The van der Waals surface area contributed by atoms with Crippen LogP contribution in [0, 0.1) is 5.41 Å². The summed E-state index contributed by atoms with van der Waals surface area (Å²) >= 11 is 0. The van der Waals surface area contributed by atoms with Crippen LogP contribution in [0.4, 0.5) is 0 Å². The van der Waals surface area contributed by atoms with Gasteiger partial charge in [-0.05, 0) is 25.5 Å². The molecule has 3 heteroatoms. The Morgan fingerprint density at radius 2 is 2.21 bits per heavy atom. The maximum absolute atomic E-state index is 11.7. The lowest BCUT2D eigenvalue weighted by atomic mass is 9.64. The minimum atomic E-state index is -0.328. The van der Waals surface area contributed by atoms with E-state index in [1.807, 2.05) is 44.2 Å². The average molecular weight is 255 g/mol. The third-order valence-corrected chi connectivity index (χ3v) is 4.30. The Kier molecular flexibility index (Phi) is 2.77. The van der Waals surface area contributed by atoms with Gasteiger partial charge in [0.15, 0.2) is 0 Å². The standard InChI is InChI=1S/C16H17NO2/c1-3-16(2)14(18)9-15(16)19-12-8-11-6-4-5-7-13(11)17-10-12/h4-8,10,15H,3,9H2,1-2H3. The summed E-state index contributed by atoms with van der Waals surface area (Å²) in [6.07, 6.45) is 3.04. The zero-order valence-corrected chi connectivity index (χ0v) is 11.2. The van der Waals surface area contributed by atoms with Crippen LogP contribution in [-0.2, 0) is 4.79 Å². The number of ether oxygens (including phenoxy) is 1. The van der Waals surface area contributed by atoms with Gasteiger partial charge in [-0.15, -0.1) is 0 Å². The molecule has 2 aromatic rings. The Balaban J connectivity index is 1.84. The van der Waals surface area contributed by atoms with E-state index in [0.717, 1.165) is 23.1 Å². The minimum absolute atomic E-state index is 0.0204. The summed E-state index contributed by atoms with van der Waals surface area (Å²) in [7, 11) is 0. The summed E-state index contributed by atoms with van der Waals surface area (Å²) in [6, 6.07) is 9.93. The Labute approximate surface area is 112 Å². The molecule has 0 saturated heterocycles. The Morgan fingerprint density at radius 1 is 1.42 bits per heavy atom. The van der Waals surface area contributed by atoms with Gasteiger partial charge in [-0.3, -0.25) is 9.78 Å². The molecule has 1 fully saturated rings. The number of aromatic nitrogens is 1. The van der Waals surface area contributed by atoms with Crippen molar-refractivity contribution in [2.75, 3.05) is 0 Å². The van der Waals surface area contributed by atoms with Crippen molar-refractivity contribution in [2.45, 2.75) is 32.8 Å². The molecule has 1 aliphatic rings. The van der Waals surface area contributed by atoms with Crippen molar-refractivity contribution in [1.82, 2.24) is 4.98 Å². The number of rotatable bonds is 3. The van der Waals surface area contributed by atoms with Gasteiger partial charge in [-0.1, -0.05) is 25.1 Å². The first-order valence-corrected chi connectivity index (χ1v) is 6.68. The lowest BCUT2D eigenvalue weighted by Gasteiger charge is -2.44. The molecule has 3 nitrogen and oxygen atoms in total. The number of carbonyl (C=O) groups is 1. The van der Waals surface area contributed by atoms with E-state index < -0.39 is 0 Å². The molecule has 0 N–H and O–H groups in total. The summed E-state index contributed by atoms with van der Waals surface area (Å²) in [6.45, 7) is 4.02. The van der Waals surface area contributed by atoms with Crippen LogP contribution in [-0.4, -0.2) is 16.9 Å². The molecule has 98 valence electrons. The summed E-state index contributed by atoms with van der Waals surface area (Å²) < 4.78 is 5.95. The van der Waals surface area contributed by atoms with Gasteiger partial charge < -0.3 is 4.74 Å². The van der Waals surface area contributed by atoms with Crippen LogP contribution in [0.5, 0.6) is 5.75 Å². The molecule has 0 radical (unpaired) electrons. The molecule has 1 aromatic heterocycles. The van der Waals surface area contributed by atoms with Gasteiger partial charge in [0, 0.05) is 11.8 Å². The van der Waals surface area contributed by atoms with Crippen molar-refractivity contribution in [3.63, 3.8) is 0 Å². The first kappa shape index (κ1) is 12.2. The summed E-state index contributed by atoms with van der Waals surface area (Å²) in [4.78, 5) is 16.1. The fraction of sp³-hybridized carbons (Fsp3) is 0.375. The molecule has 2 atom stereocenters. The highest BCUT2D eigenvalue weighted by atomic mass is 16.5. The van der Waals surface area contributed by atoms with Gasteiger partial charge in [0.2, 0.25) is 0 Å². The molecule has 2 unspecified atom stereocenters. The first-order valence-electron chi connectivity index (χ1n) is 6.68. The number of carbonyl (C=O) groups excluding carboxylic acids is 1. The molecule has 1 aromatic carbocycles. The second kappa shape index (κ2) is 4.34. The number of hydrogen-bond donors (Lipinski definition) is 0. The second-order valence-corrected chi connectivity index (χ2v) is 5.37. The van der Waals surface area contributed by atoms with E-state index >= 15 is 0 Å². The van der Waals surface area contributed by atoms with Crippen molar-refractivity contribution >= 4 is 16.7 Å². The van der Waals surface area contributed by atoms with Crippen LogP contribution in [0.15, 0.2) is 36.5 Å². The van der Waals surface area contributed by atoms with Crippen molar-refractivity contribution < 1.29 is 9.53 Å². The molecule has 3 rings (SSSR count). The zero-order chi connectivity index (χ0) is 13.5. The smallest absolute Gasteiger partial charge is 0.146 e. The van der Waals surface area contributed by atoms with Gasteiger partial charge in [0.1, 0.15) is 17.6 Å². The lowest BCUT2D eigenvalue weighted by Crippen LogP contribution is -2.54. The van der Waals surface area contributed by atoms with E-state index in [0.29, 0.717) is 12.2 Å². The van der Waals surface area contributed by atoms with Crippen molar-refractivity contribution in [1.29, 1.82) is 0 Å². The van der Waals surface area contributed by atoms with Gasteiger partial charge in [-0.2, -0.15) is 0 Å². The van der Waals surface area contributed by atoms with E-state index in [1.54, 1.807) is 6.20 Å². The quantitative estimate of drug-likeness (QED) is 0.844. The van der Waals surface area contributed by atoms with Gasteiger partial charge in [0.05, 0.1) is 17.1 Å². The van der Waals surface area contributed by atoms with Crippen LogP contribution in [0.1, 0.15) is 26.7 Å². The number of hydrogen-bond acceptors (Lipinski definition) is 3. The highest BCUT2D eigenvalue weighted by Gasteiger charge is 2.51. The summed E-state index contributed by atoms with van der Waals surface area (Å²) in [5, 5.41) is 1.06. The van der Waals surface area contributed by atoms with Crippen LogP contribution < -0.4 is 4.74 Å². The second-order valence-electron chi connectivity index (χ2n) is 5.37. The number of para-hydroxylation sites is 1. The first-order chi connectivity index (χ1) is 9.13. The number of nitrogens with zero attached hydrogens (tertiary/aromatic N) is 1. The number of Topliss-reactive ketones (excluding diaryl/α,β-unsaturated/α-hetero) is 1. The van der Waals surface area contributed by atoms with E-state index in [9.17, 15) is 4.79 Å². The van der Waals surface area contributed by atoms with Crippen molar-refractivity contribution in [3.8, 4) is 5.75 Å². The molecule has 0 bridgehead atoms. The maximum atomic E-state index is 11.7. The van der Waals surface area contributed by atoms with Gasteiger partial charge in [0.25, 0.3) is 0 Å². The topological polar surface area (TPSA) is 39.2 Å². The van der Waals surface area contributed by atoms with Gasteiger partial charge >= 0.3 is 0 Å². The molecule has 1 saturated carbocycles. The molecule has 1 aliphatic carbocycles. The van der Waals surface area contributed by atoms with Crippen molar-refractivity contribution in [3.05, 3.63) is 36.5 Å². The third-order valence-electron chi connectivity index (χ3n) is 4.30. The molecular weight excluding hydrogens is 238 g/mol. The molecule has 19 heavy (non-hydrogen) atoms. The fourth-order valence-corrected chi connectivity index (χ4v) is 2.55. The van der Waals surface area contributed by atoms with E-state index in [4.69, 9.17) is 4.74 Å². The van der Waals surface area contributed by atoms with Crippen LogP contribution >= 0.6 is 0 Å². The van der Waals surface area contributed by atoms with E-state index in [-0.39, 0.29) is 11.5 Å². The third kappa shape index (κ3) is 1.89. The maximum Gasteiger partial charge on any atom is 0.146 e. The number of pyridine rings is 1. The van der Waals surface area contributed by atoms with E-state index in [2.05, 4.69) is 4.98 Å².